The highest BCUT2D eigenvalue weighted by Crippen LogP contribution is 2.56. The smallest absolute Gasteiger partial charge is 0.159 e. The van der Waals surface area contributed by atoms with Gasteiger partial charge in [0, 0.05) is 23.2 Å². The number of ketones is 1. The van der Waals surface area contributed by atoms with Crippen molar-refractivity contribution in [3.05, 3.63) is 35.7 Å². The molecular formula is C20H29NO. The van der Waals surface area contributed by atoms with Crippen LogP contribution in [-0.2, 0) is 4.79 Å². The average molecular weight is 299 g/mol. The Labute approximate surface area is 134 Å². The lowest BCUT2D eigenvalue weighted by atomic mass is 9.52. The molecule has 0 bridgehead atoms. The molecule has 0 aromatic carbocycles. The summed E-state index contributed by atoms with van der Waals surface area (Å²) in [6.45, 7) is 10.8. The van der Waals surface area contributed by atoms with Gasteiger partial charge in [0.1, 0.15) is 0 Å². The molecule has 0 aromatic rings. The molecule has 2 heteroatoms. The maximum atomic E-state index is 12.9. The summed E-state index contributed by atoms with van der Waals surface area (Å²) in [5, 5.41) is 3.34. The summed E-state index contributed by atoms with van der Waals surface area (Å²) < 4.78 is 0. The summed E-state index contributed by atoms with van der Waals surface area (Å²) in [7, 11) is 0. The van der Waals surface area contributed by atoms with Gasteiger partial charge in [0.25, 0.3) is 0 Å². The first-order valence-electron chi connectivity index (χ1n) is 8.83. The van der Waals surface area contributed by atoms with E-state index < -0.39 is 0 Å². The molecule has 0 spiro atoms. The van der Waals surface area contributed by atoms with Crippen molar-refractivity contribution in [1.29, 1.82) is 0 Å². The number of hydrogen-bond acceptors (Lipinski definition) is 2. The lowest BCUT2D eigenvalue weighted by Gasteiger charge is -2.51. The van der Waals surface area contributed by atoms with Crippen LogP contribution in [0.25, 0.3) is 0 Å². The Balaban J connectivity index is 2.01. The fourth-order valence-electron chi connectivity index (χ4n) is 5.14. The van der Waals surface area contributed by atoms with Gasteiger partial charge >= 0.3 is 0 Å². The van der Waals surface area contributed by atoms with E-state index in [-0.39, 0.29) is 11.3 Å². The Morgan fingerprint density at radius 1 is 1.41 bits per heavy atom. The fourth-order valence-corrected chi connectivity index (χ4v) is 5.14. The lowest BCUT2D eigenvalue weighted by Crippen LogP contribution is -2.47. The Hall–Kier alpha value is -1.31. The third-order valence-electron chi connectivity index (χ3n) is 6.37. The van der Waals surface area contributed by atoms with E-state index in [2.05, 4.69) is 38.9 Å². The van der Waals surface area contributed by atoms with Gasteiger partial charge in [-0.15, -0.1) is 0 Å². The van der Waals surface area contributed by atoms with Gasteiger partial charge in [-0.05, 0) is 62.5 Å². The highest BCUT2D eigenvalue weighted by Gasteiger charge is 2.52. The zero-order valence-electron chi connectivity index (χ0n) is 14.2. The first-order valence-corrected chi connectivity index (χ1v) is 8.83. The second kappa shape index (κ2) is 5.72. The van der Waals surface area contributed by atoms with Crippen molar-refractivity contribution in [2.75, 3.05) is 0 Å². The molecule has 120 valence electrons. The molecule has 0 saturated heterocycles. The van der Waals surface area contributed by atoms with Crippen molar-refractivity contribution >= 4 is 5.78 Å². The Kier molecular flexibility index (Phi) is 4.05. The molecule has 22 heavy (non-hydrogen) atoms. The summed E-state index contributed by atoms with van der Waals surface area (Å²) in [6.07, 6.45) is 10.8. The molecule has 4 atom stereocenters. The molecule has 1 heterocycles. The van der Waals surface area contributed by atoms with Gasteiger partial charge in [-0.25, -0.2) is 0 Å². The molecule has 3 rings (SSSR count). The van der Waals surface area contributed by atoms with E-state index in [1.165, 1.54) is 24.0 Å². The largest absolute Gasteiger partial charge is 0.366 e. The zero-order chi connectivity index (χ0) is 15.9. The minimum Gasteiger partial charge on any atom is -0.366 e. The monoisotopic (exact) mass is 299 g/mol. The van der Waals surface area contributed by atoms with Crippen molar-refractivity contribution < 1.29 is 4.79 Å². The molecule has 0 amide bonds. The van der Waals surface area contributed by atoms with Gasteiger partial charge < -0.3 is 5.32 Å². The van der Waals surface area contributed by atoms with Gasteiger partial charge in [-0.3, -0.25) is 4.79 Å². The van der Waals surface area contributed by atoms with E-state index in [0.29, 0.717) is 17.6 Å². The molecule has 2 nitrogen and oxygen atoms in total. The molecule has 4 unspecified atom stereocenters. The summed E-state index contributed by atoms with van der Waals surface area (Å²) in [6, 6.07) is 0. The third-order valence-corrected chi connectivity index (χ3v) is 6.37. The van der Waals surface area contributed by atoms with Gasteiger partial charge in [-0.2, -0.15) is 0 Å². The lowest BCUT2D eigenvalue weighted by molar-refractivity contribution is -0.127. The summed E-state index contributed by atoms with van der Waals surface area (Å²) in [5.41, 5.74) is 3.85. The summed E-state index contributed by atoms with van der Waals surface area (Å²) >= 11 is 0. The van der Waals surface area contributed by atoms with Crippen LogP contribution in [0.4, 0.5) is 0 Å². The number of carbonyl (C=O) groups is 1. The van der Waals surface area contributed by atoms with Crippen molar-refractivity contribution in [3.63, 3.8) is 0 Å². The fraction of sp³-hybridized carbons (Fsp3) is 0.650. The maximum Gasteiger partial charge on any atom is 0.159 e. The Bertz CT molecular complexity index is 556. The SMILES string of the molecule is C=C1CCC2(C)C(=CN1)CCC1C(CCC)C(C)=CC(=O)C12. The normalized spacial score (nSPS) is 38.2. The maximum absolute atomic E-state index is 12.9. The van der Waals surface area contributed by atoms with Crippen LogP contribution in [0.15, 0.2) is 35.7 Å². The molecule has 0 radical (unpaired) electrons. The first kappa shape index (κ1) is 15.6. The van der Waals surface area contributed by atoms with Crippen LogP contribution in [0.1, 0.15) is 59.3 Å². The van der Waals surface area contributed by atoms with Crippen LogP contribution in [0.5, 0.6) is 0 Å². The number of fused-ring (bicyclic) bond motifs is 3. The van der Waals surface area contributed by atoms with Gasteiger partial charge in [0.15, 0.2) is 5.78 Å². The van der Waals surface area contributed by atoms with Crippen molar-refractivity contribution in [2.45, 2.75) is 59.3 Å². The third kappa shape index (κ3) is 2.37. The van der Waals surface area contributed by atoms with E-state index in [1.54, 1.807) is 0 Å². The van der Waals surface area contributed by atoms with E-state index in [1.807, 2.05) is 6.08 Å². The van der Waals surface area contributed by atoms with Gasteiger partial charge in [0.2, 0.25) is 0 Å². The van der Waals surface area contributed by atoms with E-state index in [0.717, 1.165) is 31.4 Å². The first-order chi connectivity index (χ1) is 10.5. The summed E-state index contributed by atoms with van der Waals surface area (Å²) in [5.74, 6) is 1.67. The second-order valence-corrected chi connectivity index (χ2v) is 7.70. The minimum atomic E-state index is 0.00955. The predicted octanol–water partition coefficient (Wildman–Crippen LogP) is 4.75. The Morgan fingerprint density at radius 3 is 2.91 bits per heavy atom. The molecule has 2 aliphatic carbocycles. The van der Waals surface area contributed by atoms with Crippen LogP contribution in [-0.4, -0.2) is 5.78 Å². The predicted molar refractivity (Wildman–Crippen MR) is 91.1 cm³/mol. The number of hydrogen-bond donors (Lipinski definition) is 1. The summed E-state index contributed by atoms with van der Waals surface area (Å²) in [4.78, 5) is 12.9. The van der Waals surface area contributed by atoms with Gasteiger partial charge in [-0.1, -0.05) is 32.4 Å². The molecule has 3 aliphatic rings. The zero-order valence-corrected chi connectivity index (χ0v) is 14.2. The number of allylic oxidation sites excluding steroid dienone is 4. The van der Waals surface area contributed by atoms with Gasteiger partial charge in [0.05, 0.1) is 0 Å². The number of rotatable bonds is 2. The van der Waals surface area contributed by atoms with E-state index in [4.69, 9.17) is 0 Å². The highest BCUT2D eigenvalue weighted by molar-refractivity contribution is 5.94. The van der Waals surface area contributed by atoms with E-state index >= 15 is 0 Å². The van der Waals surface area contributed by atoms with Crippen molar-refractivity contribution in [3.8, 4) is 0 Å². The van der Waals surface area contributed by atoms with Crippen molar-refractivity contribution in [1.82, 2.24) is 5.32 Å². The van der Waals surface area contributed by atoms with Crippen LogP contribution in [0, 0.1) is 23.2 Å². The molecule has 1 fully saturated rings. The topological polar surface area (TPSA) is 29.1 Å². The standard InChI is InChI=1S/C20H29NO/c1-5-6-16-13(2)11-18(22)19-17(16)8-7-15-12-21-14(3)9-10-20(15,19)4/h11-12,16-17,19,21H,3,5-10H2,1-2,4H3. The molecule has 0 aromatic heterocycles. The average Bonchev–Trinajstić information content (AvgIpc) is 2.62. The quantitative estimate of drug-likeness (QED) is 0.797. The highest BCUT2D eigenvalue weighted by atomic mass is 16.1. The molecular weight excluding hydrogens is 270 g/mol. The molecule has 1 saturated carbocycles. The van der Waals surface area contributed by atoms with Crippen LogP contribution in [0.2, 0.25) is 0 Å². The van der Waals surface area contributed by atoms with E-state index in [9.17, 15) is 4.79 Å². The van der Waals surface area contributed by atoms with Crippen LogP contribution >= 0.6 is 0 Å². The Morgan fingerprint density at radius 2 is 2.18 bits per heavy atom. The second-order valence-electron chi connectivity index (χ2n) is 7.70. The number of nitrogens with one attached hydrogen (secondary N) is 1. The van der Waals surface area contributed by atoms with Crippen LogP contribution in [0.3, 0.4) is 0 Å². The minimum absolute atomic E-state index is 0.00955. The number of carbonyl (C=O) groups excluding carboxylic acids is 1. The molecule has 1 aliphatic heterocycles. The van der Waals surface area contributed by atoms with Crippen molar-refractivity contribution in [2.24, 2.45) is 23.2 Å². The van der Waals surface area contributed by atoms with Crippen LogP contribution < -0.4 is 5.32 Å². The molecule has 1 N–H and O–H groups in total.